The molecule has 3 aromatic rings. The molecule has 1 aromatic heterocycles. The Kier molecular flexibility index (Phi) is 5.55. The molecule has 0 aliphatic heterocycles. The van der Waals surface area contributed by atoms with Gasteiger partial charge in [0.2, 0.25) is 5.91 Å². The van der Waals surface area contributed by atoms with Crippen molar-refractivity contribution in [3.8, 4) is 0 Å². The van der Waals surface area contributed by atoms with Crippen molar-refractivity contribution in [1.82, 2.24) is 9.88 Å². The molecule has 0 spiro atoms. The van der Waals surface area contributed by atoms with Crippen molar-refractivity contribution in [3.63, 3.8) is 0 Å². The number of anilines is 1. The van der Waals surface area contributed by atoms with Crippen molar-refractivity contribution in [2.24, 2.45) is 0 Å². The van der Waals surface area contributed by atoms with E-state index in [0.717, 1.165) is 33.3 Å². The Bertz CT molecular complexity index is 955. The van der Waals surface area contributed by atoms with Crippen LogP contribution in [0.2, 0.25) is 5.02 Å². The van der Waals surface area contributed by atoms with E-state index >= 15 is 0 Å². The zero-order valence-corrected chi connectivity index (χ0v) is 16.0. The lowest BCUT2D eigenvalue weighted by molar-refractivity contribution is -0.117. The zero-order chi connectivity index (χ0) is 18.7. The number of fused-ring (bicyclic) bond motifs is 1. The third kappa shape index (κ3) is 4.03. The summed E-state index contributed by atoms with van der Waals surface area (Å²) < 4.78 is 0. The first-order valence-corrected chi connectivity index (χ1v) is 8.90. The molecule has 3 rings (SSSR count). The van der Waals surface area contributed by atoms with E-state index in [0.29, 0.717) is 11.6 Å². The number of amides is 1. The standard InChI is InChI=1S/C21H22ClN3O/c1-14-6-4-8-19(15(14)2)24-20(26)13-25(3)12-17-18(22)10-9-16-7-5-11-23-21(16)17/h4-11H,12-13H2,1-3H3,(H,24,26). The van der Waals surface area contributed by atoms with E-state index in [2.05, 4.69) is 10.3 Å². The van der Waals surface area contributed by atoms with Gasteiger partial charge in [0.15, 0.2) is 0 Å². The maximum atomic E-state index is 12.4. The highest BCUT2D eigenvalue weighted by molar-refractivity contribution is 6.32. The summed E-state index contributed by atoms with van der Waals surface area (Å²) >= 11 is 6.38. The van der Waals surface area contributed by atoms with Gasteiger partial charge in [0.05, 0.1) is 12.1 Å². The molecule has 0 fully saturated rings. The number of nitrogens with one attached hydrogen (secondary N) is 1. The molecule has 1 N–H and O–H groups in total. The van der Waals surface area contributed by atoms with E-state index in [-0.39, 0.29) is 12.5 Å². The van der Waals surface area contributed by atoms with E-state index in [9.17, 15) is 4.79 Å². The maximum Gasteiger partial charge on any atom is 0.238 e. The van der Waals surface area contributed by atoms with Crippen molar-refractivity contribution in [2.45, 2.75) is 20.4 Å². The first kappa shape index (κ1) is 18.4. The van der Waals surface area contributed by atoms with Crippen LogP contribution in [-0.4, -0.2) is 29.4 Å². The first-order valence-electron chi connectivity index (χ1n) is 8.52. The fourth-order valence-corrected chi connectivity index (χ4v) is 3.19. The fourth-order valence-electron chi connectivity index (χ4n) is 2.98. The predicted octanol–water partition coefficient (Wildman–Crippen LogP) is 4.58. The maximum absolute atomic E-state index is 12.4. The second-order valence-electron chi connectivity index (χ2n) is 6.57. The number of aromatic nitrogens is 1. The van der Waals surface area contributed by atoms with Gasteiger partial charge in [-0.05, 0) is 50.2 Å². The monoisotopic (exact) mass is 367 g/mol. The van der Waals surface area contributed by atoms with E-state index in [4.69, 9.17) is 11.6 Å². The molecular weight excluding hydrogens is 346 g/mol. The van der Waals surface area contributed by atoms with Crippen LogP contribution in [0.1, 0.15) is 16.7 Å². The molecule has 4 nitrogen and oxygen atoms in total. The lowest BCUT2D eigenvalue weighted by Gasteiger charge is -2.19. The number of hydrogen-bond donors (Lipinski definition) is 1. The van der Waals surface area contributed by atoms with Gasteiger partial charge >= 0.3 is 0 Å². The predicted molar refractivity (Wildman–Crippen MR) is 108 cm³/mol. The van der Waals surface area contributed by atoms with Crippen LogP contribution in [0.4, 0.5) is 5.69 Å². The van der Waals surface area contributed by atoms with Gasteiger partial charge in [-0.15, -0.1) is 0 Å². The van der Waals surface area contributed by atoms with Gasteiger partial charge in [-0.25, -0.2) is 0 Å². The Labute approximate surface area is 158 Å². The number of likely N-dealkylation sites (N-methyl/N-ethyl adjacent to an activating group) is 1. The topological polar surface area (TPSA) is 45.2 Å². The minimum absolute atomic E-state index is 0.0504. The molecule has 0 radical (unpaired) electrons. The van der Waals surface area contributed by atoms with Gasteiger partial charge in [-0.2, -0.15) is 0 Å². The molecule has 0 unspecified atom stereocenters. The lowest BCUT2D eigenvalue weighted by Crippen LogP contribution is -2.30. The molecular formula is C21H22ClN3O. The quantitative estimate of drug-likeness (QED) is 0.718. The van der Waals surface area contributed by atoms with Crippen LogP contribution in [0, 0.1) is 13.8 Å². The summed E-state index contributed by atoms with van der Waals surface area (Å²) in [6.45, 7) is 4.86. The van der Waals surface area contributed by atoms with Gasteiger partial charge < -0.3 is 5.32 Å². The molecule has 0 saturated carbocycles. The number of carbonyl (C=O) groups is 1. The number of aryl methyl sites for hydroxylation is 1. The first-order chi connectivity index (χ1) is 12.5. The Balaban J connectivity index is 1.71. The van der Waals surface area contributed by atoms with Crippen LogP contribution in [0.3, 0.4) is 0 Å². The van der Waals surface area contributed by atoms with Crippen molar-refractivity contribution in [3.05, 3.63) is 70.4 Å². The molecule has 1 heterocycles. The second-order valence-corrected chi connectivity index (χ2v) is 6.98. The van der Waals surface area contributed by atoms with E-state index in [1.165, 1.54) is 0 Å². The third-order valence-corrected chi connectivity index (χ3v) is 4.90. The SMILES string of the molecule is Cc1cccc(NC(=O)CN(C)Cc2c(Cl)ccc3cccnc23)c1C. The summed E-state index contributed by atoms with van der Waals surface area (Å²) in [5, 5.41) is 4.70. The van der Waals surface area contributed by atoms with E-state index in [1.54, 1.807) is 6.20 Å². The Morgan fingerprint density at radius 2 is 1.96 bits per heavy atom. The largest absolute Gasteiger partial charge is 0.325 e. The summed E-state index contributed by atoms with van der Waals surface area (Å²) in [5.74, 6) is -0.0504. The Hall–Kier alpha value is -2.43. The Morgan fingerprint density at radius 3 is 2.77 bits per heavy atom. The number of halogens is 1. The summed E-state index contributed by atoms with van der Waals surface area (Å²) in [4.78, 5) is 18.8. The highest BCUT2D eigenvalue weighted by Gasteiger charge is 2.13. The average molecular weight is 368 g/mol. The zero-order valence-electron chi connectivity index (χ0n) is 15.2. The molecule has 134 valence electrons. The second kappa shape index (κ2) is 7.85. The fraction of sp³-hybridized carbons (Fsp3) is 0.238. The average Bonchev–Trinajstić information content (AvgIpc) is 2.61. The van der Waals surface area contributed by atoms with Gasteiger partial charge in [0, 0.05) is 34.4 Å². The number of carbonyl (C=O) groups excluding carboxylic acids is 1. The van der Waals surface area contributed by atoms with Crippen LogP contribution >= 0.6 is 11.6 Å². The van der Waals surface area contributed by atoms with Gasteiger partial charge in [0.25, 0.3) is 0 Å². The third-order valence-electron chi connectivity index (χ3n) is 4.54. The molecule has 5 heteroatoms. The number of hydrogen-bond acceptors (Lipinski definition) is 3. The smallest absolute Gasteiger partial charge is 0.238 e. The van der Waals surface area contributed by atoms with Crippen LogP contribution in [0.15, 0.2) is 48.7 Å². The molecule has 0 aliphatic carbocycles. The molecule has 0 bridgehead atoms. The van der Waals surface area contributed by atoms with E-state index < -0.39 is 0 Å². The van der Waals surface area contributed by atoms with Crippen LogP contribution < -0.4 is 5.32 Å². The van der Waals surface area contributed by atoms with Crippen LogP contribution in [0.5, 0.6) is 0 Å². The number of nitrogens with zero attached hydrogens (tertiary/aromatic N) is 2. The summed E-state index contributed by atoms with van der Waals surface area (Å²) in [7, 11) is 1.90. The summed E-state index contributed by atoms with van der Waals surface area (Å²) in [6.07, 6.45) is 1.76. The Morgan fingerprint density at radius 1 is 1.15 bits per heavy atom. The van der Waals surface area contributed by atoms with E-state index in [1.807, 2.05) is 68.3 Å². The summed E-state index contributed by atoms with van der Waals surface area (Å²) in [5.41, 5.74) is 4.91. The molecule has 0 saturated heterocycles. The van der Waals surface area contributed by atoms with Crippen molar-refractivity contribution in [2.75, 3.05) is 18.9 Å². The number of benzene rings is 2. The molecule has 0 atom stereocenters. The molecule has 0 aliphatic rings. The van der Waals surface area contributed by atoms with Crippen molar-refractivity contribution in [1.29, 1.82) is 0 Å². The lowest BCUT2D eigenvalue weighted by atomic mass is 10.1. The minimum Gasteiger partial charge on any atom is -0.325 e. The normalized spacial score (nSPS) is 11.1. The molecule has 1 amide bonds. The summed E-state index contributed by atoms with van der Waals surface area (Å²) in [6, 6.07) is 13.7. The van der Waals surface area contributed by atoms with Gasteiger partial charge in [0.1, 0.15) is 0 Å². The van der Waals surface area contributed by atoms with Gasteiger partial charge in [-0.3, -0.25) is 14.7 Å². The highest BCUT2D eigenvalue weighted by atomic mass is 35.5. The van der Waals surface area contributed by atoms with Crippen LogP contribution in [0.25, 0.3) is 10.9 Å². The van der Waals surface area contributed by atoms with Crippen molar-refractivity contribution >= 4 is 34.1 Å². The van der Waals surface area contributed by atoms with Crippen LogP contribution in [-0.2, 0) is 11.3 Å². The molecule has 2 aromatic carbocycles. The molecule has 26 heavy (non-hydrogen) atoms. The minimum atomic E-state index is -0.0504. The van der Waals surface area contributed by atoms with Crippen molar-refractivity contribution < 1.29 is 4.79 Å². The number of pyridine rings is 1. The highest BCUT2D eigenvalue weighted by Crippen LogP contribution is 2.25. The van der Waals surface area contributed by atoms with Gasteiger partial charge in [-0.1, -0.05) is 35.9 Å². The number of rotatable bonds is 5.